The summed E-state index contributed by atoms with van der Waals surface area (Å²) >= 11 is 0. The zero-order chi connectivity index (χ0) is 12.1. The molecule has 86 valence electrons. The van der Waals surface area contributed by atoms with Crippen LogP contribution in [0.25, 0.3) is 0 Å². The number of carbonyl (C=O) groups excluding carboxylic acids is 2. The molecule has 0 aliphatic rings. The highest BCUT2D eigenvalue weighted by Crippen LogP contribution is 2.18. The van der Waals surface area contributed by atoms with Crippen LogP contribution in [-0.4, -0.2) is 25.3 Å². The molecule has 4 N–H and O–H groups in total. The molecule has 1 amide bonds. The monoisotopic (exact) mass is 221 g/mol. The van der Waals surface area contributed by atoms with Gasteiger partial charge < -0.3 is 16.4 Å². The number of hydrogen-bond acceptors (Lipinski definition) is 4. The minimum absolute atomic E-state index is 0.0962. The highest BCUT2D eigenvalue weighted by atomic mass is 16.1. The number of nitrogens with one attached hydrogen (secondary N) is 2. The van der Waals surface area contributed by atoms with Crippen LogP contribution in [0.4, 0.5) is 11.4 Å². The Morgan fingerprint density at radius 2 is 2.06 bits per heavy atom. The zero-order valence-corrected chi connectivity index (χ0v) is 9.33. The maximum absolute atomic E-state index is 11.2. The molecule has 1 rings (SSSR count). The average Bonchev–Trinajstić information content (AvgIpc) is 2.27. The van der Waals surface area contributed by atoms with E-state index in [2.05, 4.69) is 10.6 Å². The summed E-state index contributed by atoms with van der Waals surface area (Å²) in [5.74, 6) is -0.220. The van der Waals surface area contributed by atoms with Gasteiger partial charge in [0.15, 0.2) is 5.78 Å². The Labute approximate surface area is 94.0 Å². The minimum atomic E-state index is -0.124. The van der Waals surface area contributed by atoms with Gasteiger partial charge >= 0.3 is 0 Å². The fourth-order valence-electron chi connectivity index (χ4n) is 1.24. The molecule has 0 bridgehead atoms. The van der Waals surface area contributed by atoms with Crippen molar-refractivity contribution in [2.45, 2.75) is 6.92 Å². The number of rotatable bonds is 4. The lowest BCUT2D eigenvalue weighted by atomic mass is 10.1. The van der Waals surface area contributed by atoms with E-state index in [0.29, 0.717) is 16.9 Å². The molecule has 0 saturated heterocycles. The van der Waals surface area contributed by atoms with Gasteiger partial charge in [0.2, 0.25) is 5.91 Å². The number of carbonyl (C=O) groups is 2. The van der Waals surface area contributed by atoms with Crippen molar-refractivity contribution in [2.75, 3.05) is 24.6 Å². The summed E-state index contributed by atoms with van der Waals surface area (Å²) in [7, 11) is 1.56. The van der Waals surface area contributed by atoms with E-state index in [0.717, 1.165) is 0 Å². The number of benzene rings is 1. The third-order valence-electron chi connectivity index (χ3n) is 2.16. The van der Waals surface area contributed by atoms with Crippen LogP contribution in [0.1, 0.15) is 17.3 Å². The summed E-state index contributed by atoms with van der Waals surface area (Å²) in [4.78, 5) is 22.2. The number of ketones is 1. The average molecular weight is 221 g/mol. The lowest BCUT2D eigenvalue weighted by Crippen LogP contribution is -2.26. The first-order valence-electron chi connectivity index (χ1n) is 4.89. The van der Waals surface area contributed by atoms with Crippen LogP contribution in [0.15, 0.2) is 18.2 Å². The van der Waals surface area contributed by atoms with Gasteiger partial charge in [-0.15, -0.1) is 0 Å². The van der Waals surface area contributed by atoms with E-state index in [4.69, 9.17) is 5.73 Å². The maximum Gasteiger partial charge on any atom is 0.239 e. The fraction of sp³-hybridized carbons (Fsp3) is 0.273. The quantitative estimate of drug-likeness (QED) is 0.514. The first kappa shape index (κ1) is 12.0. The van der Waals surface area contributed by atoms with Crippen LogP contribution in [-0.2, 0) is 4.79 Å². The predicted octanol–water partition coefficient (Wildman–Crippen LogP) is 0.629. The van der Waals surface area contributed by atoms with E-state index in [1.165, 1.54) is 6.92 Å². The van der Waals surface area contributed by atoms with Crippen LogP contribution in [0.3, 0.4) is 0 Å². The van der Waals surface area contributed by atoms with E-state index < -0.39 is 0 Å². The van der Waals surface area contributed by atoms with Gasteiger partial charge in [0.1, 0.15) is 0 Å². The maximum atomic E-state index is 11.2. The molecule has 0 unspecified atom stereocenters. The van der Waals surface area contributed by atoms with Crippen molar-refractivity contribution in [3.63, 3.8) is 0 Å². The van der Waals surface area contributed by atoms with Gasteiger partial charge in [0.25, 0.3) is 0 Å². The standard InChI is InChI=1S/C11H15N3O2/c1-7(15)9-5-8(3-4-10(9)12)14-6-11(16)13-2/h3-5,14H,6,12H2,1-2H3,(H,13,16). The molecule has 0 aromatic heterocycles. The topological polar surface area (TPSA) is 84.2 Å². The smallest absolute Gasteiger partial charge is 0.239 e. The largest absolute Gasteiger partial charge is 0.398 e. The molecular formula is C11H15N3O2. The van der Waals surface area contributed by atoms with Crippen LogP contribution in [0.2, 0.25) is 0 Å². The normalized spacial score (nSPS) is 9.62. The minimum Gasteiger partial charge on any atom is -0.398 e. The van der Waals surface area contributed by atoms with Crippen LogP contribution < -0.4 is 16.4 Å². The summed E-state index contributed by atoms with van der Waals surface area (Å²) < 4.78 is 0. The number of anilines is 2. The highest BCUT2D eigenvalue weighted by molar-refractivity contribution is 6.00. The molecule has 0 radical (unpaired) electrons. The summed E-state index contributed by atoms with van der Waals surface area (Å²) in [5, 5.41) is 5.39. The lowest BCUT2D eigenvalue weighted by Gasteiger charge is -2.08. The van der Waals surface area contributed by atoms with Gasteiger partial charge in [-0.05, 0) is 25.1 Å². The van der Waals surface area contributed by atoms with Gasteiger partial charge in [-0.2, -0.15) is 0 Å². The van der Waals surface area contributed by atoms with Crippen LogP contribution in [0.5, 0.6) is 0 Å². The number of Topliss-reactive ketones (excluding diaryl/α,β-unsaturated/α-hetero) is 1. The number of nitrogen functional groups attached to an aromatic ring is 1. The number of amides is 1. The molecule has 0 atom stereocenters. The van der Waals surface area contributed by atoms with Crippen LogP contribution >= 0.6 is 0 Å². The summed E-state index contributed by atoms with van der Waals surface area (Å²) in [6.45, 7) is 1.62. The molecular weight excluding hydrogens is 206 g/mol. The Kier molecular flexibility index (Phi) is 3.88. The van der Waals surface area contributed by atoms with E-state index in [-0.39, 0.29) is 18.2 Å². The van der Waals surface area contributed by atoms with Crippen molar-refractivity contribution in [1.29, 1.82) is 0 Å². The molecule has 0 spiro atoms. The van der Waals surface area contributed by atoms with Crippen molar-refractivity contribution in [3.8, 4) is 0 Å². The summed E-state index contributed by atoms with van der Waals surface area (Å²) in [5.41, 5.74) is 7.24. The SMILES string of the molecule is CNC(=O)CNc1ccc(N)c(C(C)=O)c1. The predicted molar refractivity (Wildman–Crippen MR) is 63.4 cm³/mol. The lowest BCUT2D eigenvalue weighted by molar-refractivity contribution is -0.118. The van der Waals surface area contributed by atoms with Gasteiger partial charge in [-0.1, -0.05) is 0 Å². The Balaban J connectivity index is 2.79. The second kappa shape index (κ2) is 5.16. The first-order chi connectivity index (χ1) is 7.54. The van der Waals surface area contributed by atoms with E-state index in [9.17, 15) is 9.59 Å². The van der Waals surface area contributed by atoms with E-state index in [1.54, 1.807) is 25.2 Å². The molecule has 16 heavy (non-hydrogen) atoms. The second-order valence-electron chi connectivity index (χ2n) is 3.38. The second-order valence-corrected chi connectivity index (χ2v) is 3.38. The van der Waals surface area contributed by atoms with E-state index >= 15 is 0 Å². The Morgan fingerprint density at radius 3 is 2.62 bits per heavy atom. The fourth-order valence-corrected chi connectivity index (χ4v) is 1.24. The van der Waals surface area contributed by atoms with Crippen molar-refractivity contribution in [3.05, 3.63) is 23.8 Å². The molecule has 0 fully saturated rings. The number of likely N-dealkylation sites (N-methyl/N-ethyl adjacent to an activating group) is 1. The molecule has 0 heterocycles. The third kappa shape index (κ3) is 2.98. The van der Waals surface area contributed by atoms with Gasteiger partial charge in [0.05, 0.1) is 6.54 Å². The Hall–Kier alpha value is -2.04. The molecule has 0 saturated carbocycles. The molecule has 0 aliphatic carbocycles. The summed E-state index contributed by atoms with van der Waals surface area (Å²) in [6, 6.07) is 5.01. The molecule has 0 aliphatic heterocycles. The van der Waals surface area contributed by atoms with E-state index in [1.807, 2.05) is 0 Å². The van der Waals surface area contributed by atoms with Gasteiger partial charge in [-0.25, -0.2) is 0 Å². The van der Waals surface area contributed by atoms with Crippen LogP contribution in [0, 0.1) is 0 Å². The van der Waals surface area contributed by atoms with Crippen molar-refractivity contribution in [1.82, 2.24) is 5.32 Å². The summed E-state index contributed by atoms with van der Waals surface area (Å²) in [6.07, 6.45) is 0. The third-order valence-corrected chi connectivity index (χ3v) is 2.16. The molecule has 5 nitrogen and oxygen atoms in total. The van der Waals surface area contributed by atoms with Crippen molar-refractivity contribution >= 4 is 23.1 Å². The first-order valence-corrected chi connectivity index (χ1v) is 4.89. The zero-order valence-electron chi connectivity index (χ0n) is 9.33. The van der Waals surface area contributed by atoms with Gasteiger partial charge in [-0.3, -0.25) is 9.59 Å². The molecule has 1 aromatic rings. The van der Waals surface area contributed by atoms with Gasteiger partial charge in [0, 0.05) is 24.0 Å². The van der Waals surface area contributed by atoms with Crippen molar-refractivity contribution in [2.24, 2.45) is 0 Å². The number of nitrogens with two attached hydrogens (primary N) is 1. The Morgan fingerprint density at radius 1 is 1.38 bits per heavy atom. The molecule has 5 heteroatoms. The highest BCUT2D eigenvalue weighted by Gasteiger charge is 2.06. The van der Waals surface area contributed by atoms with Crippen molar-refractivity contribution < 1.29 is 9.59 Å². The molecule has 1 aromatic carbocycles. The number of hydrogen-bond donors (Lipinski definition) is 3. The Bertz CT molecular complexity index is 416.